The fourth-order valence-corrected chi connectivity index (χ4v) is 3.36. The summed E-state index contributed by atoms with van der Waals surface area (Å²) < 4.78 is 12.7. The van der Waals surface area contributed by atoms with Crippen molar-refractivity contribution in [3.05, 3.63) is 36.2 Å². The molecule has 1 unspecified atom stereocenters. The quantitative estimate of drug-likeness (QED) is 0.801. The molecule has 1 amide bonds. The van der Waals surface area contributed by atoms with Crippen LogP contribution in [-0.4, -0.2) is 69.5 Å². The van der Waals surface area contributed by atoms with Crippen LogP contribution >= 0.6 is 0 Å². The fraction of sp³-hybridized carbons (Fsp3) is 0.500. The molecule has 1 aromatic heterocycles. The fourth-order valence-electron chi connectivity index (χ4n) is 3.36. The van der Waals surface area contributed by atoms with Gasteiger partial charge >= 0.3 is 0 Å². The van der Waals surface area contributed by atoms with Gasteiger partial charge < -0.3 is 14.4 Å². The van der Waals surface area contributed by atoms with Gasteiger partial charge in [-0.25, -0.2) is 4.68 Å². The van der Waals surface area contributed by atoms with Crippen molar-refractivity contribution in [1.29, 1.82) is 0 Å². The lowest BCUT2D eigenvalue weighted by Gasteiger charge is -2.43. The van der Waals surface area contributed by atoms with Crippen LogP contribution in [0.25, 0.3) is 5.69 Å². The molecule has 1 aromatic carbocycles. The topological polar surface area (TPSA) is 82.4 Å². The molecule has 2 aliphatic heterocycles. The molecule has 1 spiro atoms. The Kier molecular flexibility index (Phi) is 3.99. The van der Waals surface area contributed by atoms with Crippen LogP contribution in [0.1, 0.15) is 12.0 Å². The van der Waals surface area contributed by atoms with Crippen LogP contribution in [0.5, 0.6) is 0 Å². The lowest BCUT2D eigenvalue weighted by Crippen LogP contribution is -2.60. The van der Waals surface area contributed by atoms with Gasteiger partial charge in [-0.3, -0.25) is 4.79 Å². The first-order valence-electron chi connectivity index (χ1n) is 8.05. The summed E-state index contributed by atoms with van der Waals surface area (Å²) in [6.07, 6.45) is 2.76. The van der Waals surface area contributed by atoms with Gasteiger partial charge in [-0.1, -0.05) is 12.1 Å². The molecule has 1 atom stereocenters. The average Bonchev–Trinajstić information content (AvgIpc) is 3.29. The zero-order valence-electron chi connectivity index (χ0n) is 13.3. The number of ether oxygens (including phenoxy) is 2. The van der Waals surface area contributed by atoms with Crippen molar-refractivity contribution in [2.75, 3.05) is 33.0 Å². The van der Waals surface area contributed by atoms with E-state index in [1.807, 2.05) is 29.2 Å². The third-order valence-corrected chi connectivity index (χ3v) is 4.69. The van der Waals surface area contributed by atoms with Gasteiger partial charge in [0.15, 0.2) is 0 Å². The van der Waals surface area contributed by atoms with Crippen LogP contribution in [0.3, 0.4) is 0 Å². The van der Waals surface area contributed by atoms with E-state index in [1.54, 1.807) is 4.68 Å². The highest BCUT2D eigenvalue weighted by atomic mass is 16.5. The second kappa shape index (κ2) is 6.29. The smallest absolute Gasteiger partial charge is 0.227 e. The van der Waals surface area contributed by atoms with Gasteiger partial charge in [-0.15, -0.1) is 5.10 Å². The zero-order valence-corrected chi connectivity index (χ0v) is 13.3. The minimum atomic E-state index is -0.276. The van der Waals surface area contributed by atoms with Crippen molar-refractivity contribution < 1.29 is 14.3 Å². The number of hydrogen-bond donors (Lipinski definition) is 0. The van der Waals surface area contributed by atoms with Gasteiger partial charge in [0.25, 0.3) is 0 Å². The highest BCUT2D eigenvalue weighted by molar-refractivity contribution is 5.80. The van der Waals surface area contributed by atoms with Crippen LogP contribution in [0.15, 0.2) is 30.6 Å². The van der Waals surface area contributed by atoms with Gasteiger partial charge in [-0.2, -0.15) is 0 Å². The second-order valence-corrected chi connectivity index (χ2v) is 6.22. The maximum Gasteiger partial charge on any atom is 0.227 e. The van der Waals surface area contributed by atoms with Gasteiger partial charge in [-0.05, 0) is 34.5 Å². The molecular weight excluding hydrogens is 310 g/mol. The van der Waals surface area contributed by atoms with Gasteiger partial charge in [0, 0.05) is 13.2 Å². The Morgan fingerprint density at radius 1 is 1.17 bits per heavy atom. The molecule has 0 bridgehead atoms. The van der Waals surface area contributed by atoms with Crippen LogP contribution in [-0.2, 0) is 20.7 Å². The van der Waals surface area contributed by atoms with E-state index in [0.717, 1.165) is 17.7 Å². The van der Waals surface area contributed by atoms with E-state index in [0.29, 0.717) is 39.4 Å². The Hall–Kier alpha value is -2.32. The Morgan fingerprint density at radius 2 is 1.96 bits per heavy atom. The van der Waals surface area contributed by atoms with Crippen molar-refractivity contribution in [3.8, 4) is 5.69 Å². The Balaban J connectivity index is 1.47. The predicted molar refractivity (Wildman–Crippen MR) is 83.6 cm³/mol. The molecule has 126 valence electrons. The molecule has 0 saturated carbocycles. The Labute approximate surface area is 139 Å². The molecule has 2 saturated heterocycles. The summed E-state index contributed by atoms with van der Waals surface area (Å²) in [4.78, 5) is 14.8. The van der Waals surface area contributed by atoms with Crippen molar-refractivity contribution in [1.82, 2.24) is 25.1 Å². The minimum absolute atomic E-state index is 0.124. The molecule has 4 rings (SSSR count). The highest BCUT2D eigenvalue weighted by Crippen LogP contribution is 2.30. The van der Waals surface area contributed by atoms with Crippen molar-refractivity contribution >= 4 is 5.91 Å². The lowest BCUT2D eigenvalue weighted by atomic mass is 9.95. The minimum Gasteiger partial charge on any atom is -0.379 e. The normalized spacial score (nSPS) is 23.8. The van der Waals surface area contributed by atoms with E-state index in [-0.39, 0.29) is 11.4 Å². The first-order chi connectivity index (χ1) is 11.8. The summed E-state index contributed by atoms with van der Waals surface area (Å²) in [5.74, 6) is 0.124. The number of carbonyl (C=O) groups excluding carboxylic acids is 1. The van der Waals surface area contributed by atoms with Crippen LogP contribution in [0.2, 0.25) is 0 Å². The predicted octanol–water partition coefficient (Wildman–Crippen LogP) is 0.223. The lowest BCUT2D eigenvalue weighted by molar-refractivity contribution is -0.148. The highest BCUT2D eigenvalue weighted by Gasteiger charge is 2.45. The van der Waals surface area contributed by atoms with E-state index < -0.39 is 0 Å². The summed E-state index contributed by atoms with van der Waals surface area (Å²) in [6, 6.07) is 7.69. The van der Waals surface area contributed by atoms with E-state index in [2.05, 4.69) is 15.5 Å². The number of tetrazole rings is 1. The maximum absolute atomic E-state index is 12.8. The number of morpholine rings is 1. The molecule has 2 aromatic rings. The van der Waals surface area contributed by atoms with Gasteiger partial charge in [0.05, 0.1) is 37.5 Å². The Morgan fingerprint density at radius 3 is 2.67 bits per heavy atom. The van der Waals surface area contributed by atoms with Crippen LogP contribution < -0.4 is 0 Å². The van der Waals surface area contributed by atoms with E-state index >= 15 is 0 Å². The number of nitrogens with zero attached hydrogens (tertiary/aromatic N) is 5. The van der Waals surface area contributed by atoms with Gasteiger partial charge in [0.2, 0.25) is 5.91 Å². The molecule has 2 aliphatic rings. The van der Waals surface area contributed by atoms with E-state index in [9.17, 15) is 4.79 Å². The number of carbonyl (C=O) groups is 1. The molecular formula is C16H19N5O3. The van der Waals surface area contributed by atoms with E-state index in [1.165, 1.54) is 6.33 Å². The largest absolute Gasteiger partial charge is 0.379 e. The zero-order chi connectivity index (χ0) is 16.4. The first-order valence-corrected chi connectivity index (χ1v) is 8.05. The molecule has 8 heteroatoms. The second-order valence-electron chi connectivity index (χ2n) is 6.22. The molecule has 2 fully saturated rings. The molecule has 0 aliphatic carbocycles. The average molecular weight is 329 g/mol. The molecule has 0 radical (unpaired) electrons. The Bertz CT molecular complexity index is 695. The van der Waals surface area contributed by atoms with Crippen molar-refractivity contribution in [2.45, 2.75) is 18.4 Å². The molecule has 8 nitrogen and oxygen atoms in total. The number of hydrogen-bond acceptors (Lipinski definition) is 6. The molecule has 0 N–H and O–H groups in total. The summed E-state index contributed by atoms with van der Waals surface area (Å²) in [5.41, 5.74) is 1.56. The standard InChI is InChI=1S/C16H19N5O3/c22-15(20-6-8-24-11-16(20)5-7-23-10-16)9-13-1-3-14(4-2-13)21-12-17-18-19-21/h1-4,12H,5-11H2. The van der Waals surface area contributed by atoms with Crippen LogP contribution in [0.4, 0.5) is 0 Å². The third kappa shape index (κ3) is 2.78. The molecule has 24 heavy (non-hydrogen) atoms. The SMILES string of the molecule is O=C(Cc1ccc(-n2cnnn2)cc1)N1CCOCC12CCOC2. The number of amides is 1. The van der Waals surface area contributed by atoms with Crippen molar-refractivity contribution in [3.63, 3.8) is 0 Å². The summed E-state index contributed by atoms with van der Waals surface area (Å²) >= 11 is 0. The summed E-state index contributed by atoms with van der Waals surface area (Å²) in [7, 11) is 0. The van der Waals surface area contributed by atoms with Crippen molar-refractivity contribution in [2.24, 2.45) is 0 Å². The number of benzene rings is 1. The monoisotopic (exact) mass is 329 g/mol. The molecule has 3 heterocycles. The first kappa shape index (κ1) is 15.2. The van der Waals surface area contributed by atoms with Gasteiger partial charge in [0.1, 0.15) is 6.33 Å². The maximum atomic E-state index is 12.8. The third-order valence-electron chi connectivity index (χ3n) is 4.69. The number of aromatic nitrogens is 4. The van der Waals surface area contributed by atoms with E-state index in [4.69, 9.17) is 9.47 Å². The summed E-state index contributed by atoms with van der Waals surface area (Å²) in [5, 5.41) is 11.1. The number of rotatable bonds is 3. The summed E-state index contributed by atoms with van der Waals surface area (Å²) in [6.45, 7) is 3.04. The van der Waals surface area contributed by atoms with Crippen LogP contribution in [0, 0.1) is 0 Å².